The number of H-pyrrole nitrogens is 1. The van der Waals surface area contributed by atoms with Crippen molar-refractivity contribution in [2.75, 3.05) is 19.6 Å². The number of carbonyl (C=O) groups is 2. The molecule has 0 atom stereocenters. The first kappa shape index (κ1) is 24.4. The molecule has 176 valence electrons. The number of halogens is 3. The Morgan fingerprint density at radius 1 is 1.00 bits per heavy atom. The van der Waals surface area contributed by atoms with Crippen LogP contribution in [-0.2, 0) is 9.59 Å². The average molecular weight is 460 g/mol. The first-order chi connectivity index (χ1) is 15.9. The number of nitrogens with one attached hydrogen (secondary N) is 2. The molecular weight excluding hydrogens is 431 g/mol. The van der Waals surface area contributed by atoms with Crippen LogP contribution in [0.4, 0.5) is 13.2 Å². The number of benzene rings is 2. The zero-order valence-electron chi connectivity index (χ0n) is 18.8. The molecule has 2 aromatic carbocycles. The Labute approximate surface area is 191 Å². The highest BCUT2D eigenvalue weighted by atomic mass is 19.1. The van der Waals surface area contributed by atoms with Crippen molar-refractivity contribution < 1.29 is 22.8 Å². The maximum Gasteiger partial charge on any atom is 0.239 e. The van der Waals surface area contributed by atoms with E-state index in [-0.39, 0.29) is 35.6 Å². The van der Waals surface area contributed by atoms with E-state index in [1.54, 1.807) is 23.1 Å². The summed E-state index contributed by atoms with van der Waals surface area (Å²) in [6.45, 7) is 5.55. The number of nitrogens with zero attached hydrogens (tertiary/aromatic N) is 1. The monoisotopic (exact) mass is 459 g/mol. The predicted molar refractivity (Wildman–Crippen MR) is 122 cm³/mol. The second kappa shape index (κ2) is 11.0. The van der Waals surface area contributed by atoms with Crippen molar-refractivity contribution in [2.45, 2.75) is 33.1 Å². The largest absolute Gasteiger partial charge is 0.353 e. The number of rotatable bonds is 2. The molecule has 1 saturated carbocycles. The van der Waals surface area contributed by atoms with Crippen LogP contribution in [-0.4, -0.2) is 41.3 Å². The first-order valence-electron chi connectivity index (χ1n) is 11.2. The number of hydrogen-bond acceptors (Lipinski definition) is 2. The fourth-order valence-electron chi connectivity index (χ4n) is 3.69. The molecule has 1 aliphatic carbocycles. The lowest BCUT2D eigenvalue weighted by atomic mass is 9.84. The van der Waals surface area contributed by atoms with Gasteiger partial charge in [0.1, 0.15) is 17.5 Å². The van der Waals surface area contributed by atoms with Crippen LogP contribution in [0.3, 0.4) is 0 Å². The summed E-state index contributed by atoms with van der Waals surface area (Å²) in [4.78, 5) is 27.2. The van der Waals surface area contributed by atoms with Gasteiger partial charge in [-0.05, 0) is 54.8 Å². The number of carbonyl (C=O) groups excluding carboxylic acids is 2. The van der Waals surface area contributed by atoms with Crippen LogP contribution < -0.4 is 5.32 Å². The SMILES string of the molecule is CC.Fc1ccc(-c2cc3cc(F)cc(F)c3[nH]2)cc1.O=C1CN(C(=O)C2CCC2)CCN1. The molecule has 0 spiro atoms. The quantitative estimate of drug-likeness (QED) is 0.565. The summed E-state index contributed by atoms with van der Waals surface area (Å²) < 4.78 is 39.4. The Kier molecular flexibility index (Phi) is 8.14. The summed E-state index contributed by atoms with van der Waals surface area (Å²) in [5, 5.41) is 3.16. The van der Waals surface area contributed by atoms with Crippen LogP contribution >= 0.6 is 0 Å². The molecule has 2 heterocycles. The summed E-state index contributed by atoms with van der Waals surface area (Å²) in [5.41, 5.74) is 1.58. The van der Waals surface area contributed by atoms with Crippen molar-refractivity contribution >= 4 is 22.7 Å². The zero-order chi connectivity index (χ0) is 24.0. The molecule has 2 fully saturated rings. The summed E-state index contributed by atoms with van der Waals surface area (Å²) in [6.07, 6.45) is 3.18. The van der Waals surface area contributed by atoms with Crippen molar-refractivity contribution in [2.24, 2.45) is 5.92 Å². The molecular formula is C25H28F3N3O2. The highest BCUT2D eigenvalue weighted by molar-refractivity contribution is 5.87. The number of amides is 2. The van der Waals surface area contributed by atoms with Crippen LogP contribution in [0.1, 0.15) is 33.1 Å². The molecule has 0 radical (unpaired) electrons. The molecule has 5 rings (SSSR count). The normalized spacial score (nSPS) is 15.5. The van der Waals surface area contributed by atoms with Crippen molar-refractivity contribution in [3.63, 3.8) is 0 Å². The van der Waals surface area contributed by atoms with Gasteiger partial charge in [-0.2, -0.15) is 0 Å². The van der Waals surface area contributed by atoms with E-state index in [0.717, 1.165) is 25.3 Å². The number of aromatic nitrogens is 1. The molecule has 2 amide bonds. The number of aromatic amines is 1. The second-order valence-corrected chi connectivity index (χ2v) is 7.78. The predicted octanol–water partition coefficient (Wildman–Crippen LogP) is 5.02. The van der Waals surface area contributed by atoms with E-state index in [2.05, 4.69) is 10.3 Å². The van der Waals surface area contributed by atoms with Gasteiger partial charge in [-0.1, -0.05) is 20.3 Å². The Hall–Kier alpha value is -3.29. The van der Waals surface area contributed by atoms with E-state index in [1.807, 2.05) is 13.8 Å². The molecule has 0 bridgehead atoms. The van der Waals surface area contributed by atoms with E-state index >= 15 is 0 Å². The standard InChI is InChI=1S/C14H8F3N.C9H14N2O2.C2H6/c15-10-3-1-8(2-4-10)13-6-9-5-11(16)7-12(17)14(9)18-13;12-8-6-11(5-4-10-8)9(13)7-2-1-3-7;1-2/h1-7,18H;7H,1-6H2,(H,10,12);1-2H3. The third-order valence-electron chi connectivity index (χ3n) is 5.60. The third kappa shape index (κ3) is 5.94. The van der Waals surface area contributed by atoms with Gasteiger partial charge in [0, 0.05) is 36.2 Å². The minimum absolute atomic E-state index is 0.0288. The smallest absolute Gasteiger partial charge is 0.239 e. The lowest BCUT2D eigenvalue weighted by Crippen LogP contribution is -2.52. The van der Waals surface area contributed by atoms with Crippen LogP contribution in [0.5, 0.6) is 0 Å². The molecule has 5 nitrogen and oxygen atoms in total. The molecule has 2 aliphatic rings. The molecule has 33 heavy (non-hydrogen) atoms. The average Bonchev–Trinajstić information content (AvgIpc) is 3.19. The maximum absolute atomic E-state index is 13.5. The molecule has 2 N–H and O–H groups in total. The highest BCUT2D eigenvalue weighted by Crippen LogP contribution is 2.28. The van der Waals surface area contributed by atoms with Gasteiger partial charge in [-0.25, -0.2) is 13.2 Å². The highest BCUT2D eigenvalue weighted by Gasteiger charge is 2.31. The van der Waals surface area contributed by atoms with E-state index in [0.29, 0.717) is 29.7 Å². The van der Waals surface area contributed by atoms with Crippen molar-refractivity contribution in [1.29, 1.82) is 0 Å². The minimum Gasteiger partial charge on any atom is -0.353 e. The summed E-state index contributed by atoms with van der Waals surface area (Å²) in [6, 6.07) is 9.50. The molecule has 8 heteroatoms. The Balaban J connectivity index is 0.000000181. The van der Waals surface area contributed by atoms with E-state index in [1.165, 1.54) is 18.2 Å². The van der Waals surface area contributed by atoms with Crippen LogP contribution in [0.2, 0.25) is 0 Å². The van der Waals surface area contributed by atoms with Crippen LogP contribution in [0.25, 0.3) is 22.2 Å². The van der Waals surface area contributed by atoms with Crippen LogP contribution in [0.15, 0.2) is 42.5 Å². The second-order valence-electron chi connectivity index (χ2n) is 7.78. The lowest BCUT2D eigenvalue weighted by molar-refractivity contribution is -0.143. The van der Waals surface area contributed by atoms with E-state index in [9.17, 15) is 22.8 Å². The zero-order valence-corrected chi connectivity index (χ0v) is 18.8. The van der Waals surface area contributed by atoms with Crippen molar-refractivity contribution in [1.82, 2.24) is 15.2 Å². The van der Waals surface area contributed by atoms with Gasteiger partial charge in [0.15, 0.2) is 0 Å². The Morgan fingerprint density at radius 3 is 2.30 bits per heavy atom. The summed E-state index contributed by atoms with van der Waals surface area (Å²) >= 11 is 0. The fourth-order valence-corrected chi connectivity index (χ4v) is 3.69. The van der Waals surface area contributed by atoms with Crippen molar-refractivity contribution in [3.05, 3.63) is 59.9 Å². The maximum atomic E-state index is 13.5. The van der Waals surface area contributed by atoms with Gasteiger partial charge in [0.2, 0.25) is 11.8 Å². The molecule has 1 aliphatic heterocycles. The molecule has 0 unspecified atom stereocenters. The number of fused-ring (bicyclic) bond motifs is 1. The van der Waals surface area contributed by atoms with Gasteiger partial charge in [-0.15, -0.1) is 0 Å². The molecule has 1 saturated heterocycles. The van der Waals surface area contributed by atoms with Crippen molar-refractivity contribution in [3.8, 4) is 11.3 Å². The van der Waals surface area contributed by atoms with Crippen LogP contribution in [0, 0.1) is 23.4 Å². The van der Waals surface area contributed by atoms with E-state index < -0.39 is 11.6 Å². The van der Waals surface area contributed by atoms with Gasteiger partial charge >= 0.3 is 0 Å². The van der Waals surface area contributed by atoms with E-state index in [4.69, 9.17) is 0 Å². The topological polar surface area (TPSA) is 65.2 Å². The van der Waals surface area contributed by atoms with Gasteiger partial charge < -0.3 is 15.2 Å². The van der Waals surface area contributed by atoms with Gasteiger partial charge in [0.05, 0.1) is 12.1 Å². The molecule has 3 aromatic rings. The number of piperazine rings is 1. The first-order valence-corrected chi connectivity index (χ1v) is 11.2. The third-order valence-corrected chi connectivity index (χ3v) is 5.60. The van der Waals surface area contributed by atoms with Gasteiger partial charge in [0.25, 0.3) is 0 Å². The minimum atomic E-state index is -0.640. The summed E-state index contributed by atoms with van der Waals surface area (Å²) in [7, 11) is 0. The lowest BCUT2D eigenvalue weighted by Gasteiger charge is -2.33. The Bertz CT molecular complexity index is 1110. The molecule has 1 aromatic heterocycles. The summed E-state index contributed by atoms with van der Waals surface area (Å²) in [5.74, 6) is -1.24. The fraction of sp³-hybridized carbons (Fsp3) is 0.360. The Morgan fingerprint density at radius 2 is 1.70 bits per heavy atom. The van der Waals surface area contributed by atoms with Gasteiger partial charge in [-0.3, -0.25) is 9.59 Å². The number of hydrogen-bond donors (Lipinski definition) is 2.